The number of aliphatic hydroxyl groups is 1. The number of benzene rings is 1. The standard InChI is InChI=1S/C15H24N2O2/c1-16-7-9-17(10-8-16)11-13-19-15-5-3-2-4-14(15)6-12-18/h2-5,18H,6-13H2,1H3. The summed E-state index contributed by atoms with van der Waals surface area (Å²) in [7, 11) is 2.17. The van der Waals surface area contributed by atoms with E-state index in [2.05, 4.69) is 16.8 Å². The van der Waals surface area contributed by atoms with Gasteiger partial charge in [0.1, 0.15) is 12.4 Å². The summed E-state index contributed by atoms with van der Waals surface area (Å²) in [5.41, 5.74) is 1.09. The van der Waals surface area contributed by atoms with Crippen LogP contribution in [-0.2, 0) is 6.42 Å². The Morgan fingerprint density at radius 2 is 1.89 bits per heavy atom. The van der Waals surface area contributed by atoms with E-state index in [1.807, 2.05) is 24.3 Å². The molecule has 1 aliphatic heterocycles. The van der Waals surface area contributed by atoms with Gasteiger partial charge in [0, 0.05) is 39.3 Å². The zero-order valence-corrected chi connectivity index (χ0v) is 11.7. The van der Waals surface area contributed by atoms with Gasteiger partial charge in [0.2, 0.25) is 0 Å². The fourth-order valence-electron chi connectivity index (χ4n) is 2.33. The first-order chi connectivity index (χ1) is 9.29. The summed E-state index contributed by atoms with van der Waals surface area (Å²) < 4.78 is 5.85. The molecule has 0 atom stereocenters. The molecule has 19 heavy (non-hydrogen) atoms. The molecule has 1 aliphatic rings. The van der Waals surface area contributed by atoms with Gasteiger partial charge in [-0.1, -0.05) is 18.2 Å². The van der Waals surface area contributed by atoms with Crippen LogP contribution in [0, 0.1) is 0 Å². The van der Waals surface area contributed by atoms with Gasteiger partial charge in [0.05, 0.1) is 0 Å². The summed E-state index contributed by atoms with van der Waals surface area (Å²) in [6, 6.07) is 7.96. The number of hydrogen-bond donors (Lipinski definition) is 1. The minimum atomic E-state index is 0.166. The highest BCUT2D eigenvalue weighted by Crippen LogP contribution is 2.18. The van der Waals surface area contributed by atoms with Crippen LogP contribution in [0.25, 0.3) is 0 Å². The van der Waals surface area contributed by atoms with Crippen molar-refractivity contribution in [3.8, 4) is 5.75 Å². The third kappa shape index (κ3) is 4.49. The Labute approximate surface area is 115 Å². The Morgan fingerprint density at radius 3 is 2.63 bits per heavy atom. The third-order valence-corrected chi connectivity index (χ3v) is 3.61. The fourth-order valence-corrected chi connectivity index (χ4v) is 2.33. The van der Waals surface area contributed by atoms with Crippen molar-refractivity contribution < 1.29 is 9.84 Å². The molecule has 4 heteroatoms. The molecule has 0 radical (unpaired) electrons. The summed E-state index contributed by atoms with van der Waals surface area (Å²) in [6.45, 7) is 6.38. The molecule has 2 rings (SSSR count). The van der Waals surface area contributed by atoms with Crippen LogP contribution in [0.2, 0.25) is 0 Å². The van der Waals surface area contributed by atoms with Crippen LogP contribution >= 0.6 is 0 Å². The molecule has 1 aromatic carbocycles. The smallest absolute Gasteiger partial charge is 0.122 e. The van der Waals surface area contributed by atoms with Crippen molar-refractivity contribution >= 4 is 0 Å². The maximum Gasteiger partial charge on any atom is 0.122 e. The predicted molar refractivity (Wildman–Crippen MR) is 76.7 cm³/mol. The Hall–Kier alpha value is -1.10. The van der Waals surface area contributed by atoms with Gasteiger partial charge in [0.25, 0.3) is 0 Å². The first kappa shape index (κ1) is 14.3. The molecule has 106 valence electrons. The summed E-state index contributed by atoms with van der Waals surface area (Å²) in [6.07, 6.45) is 0.657. The van der Waals surface area contributed by atoms with Crippen LogP contribution in [0.3, 0.4) is 0 Å². The van der Waals surface area contributed by atoms with Crippen molar-refractivity contribution in [2.45, 2.75) is 6.42 Å². The molecule has 1 N–H and O–H groups in total. The number of aliphatic hydroxyl groups excluding tert-OH is 1. The van der Waals surface area contributed by atoms with E-state index in [9.17, 15) is 0 Å². The Balaban J connectivity index is 1.76. The number of likely N-dealkylation sites (N-methyl/N-ethyl adjacent to an activating group) is 1. The summed E-state index contributed by atoms with van der Waals surface area (Å²) in [4.78, 5) is 4.79. The molecule has 0 bridgehead atoms. The molecule has 0 aliphatic carbocycles. The first-order valence-corrected chi connectivity index (χ1v) is 7.02. The maximum atomic E-state index is 9.03. The number of hydrogen-bond acceptors (Lipinski definition) is 4. The van der Waals surface area contributed by atoms with E-state index in [-0.39, 0.29) is 6.61 Å². The quantitative estimate of drug-likeness (QED) is 0.826. The minimum absolute atomic E-state index is 0.166. The van der Waals surface area contributed by atoms with E-state index in [4.69, 9.17) is 9.84 Å². The largest absolute Gasteiger partial charge is 0.492 e. The lowest BCUT2D eigenvalue weighted by Crippen LogP contribution is -2.45. The van der Waals surface area contributed by atoms with Crippen LogP contribution < -0.4 is 4.74 Å². The second-order valence-electron chi connectivity index (χ2n) is 5.07. The zero-order chi connectivity index (χ0) is 13.5. The Bertz CT molecular complexity index is 376. The topological polar surface area (TPSA) is 35.9 Å². The molecule has 4 nitrogen and oxygen atoms in total. The molecule has 1 saturated heterocycles. The van der Waals surface area contributed by atoms with Crippen molar-refractivity contribution in [3.05, 3.63) is 29.8 Å². The lowest BCUT2D eigenvalue weighted by atomic mass is 10.1. The lowest BCUT2D eigenvalue weighted by molar-refractivity contribution is 0.133. The van der Waals surface area contributed by atoms with Crippen LogP contribution in [0.4, 0.5) is 0 Å². The first-order valence-electron chi connectivity index (χ1n) is 7.02. The van der Waals surface area contributed by atoms with Gasteiger partial charge in [-0.25, -0.2) is 0 Å². The van der Waals surface area contributed by atoms with Crippen LogP contribution in [-0.4, -0.2) is 67.9 Å². The number of rotatable bonds is 6. The monoisotopic (exact) mass is 264 g/mol. The van der Waals surface area contributed by atoms with E-state index in [1.54, 1.807) is 0 Å². The molecular formula is C15H24N2O2. The average molecular weight is 264 g/mol. The van der Waals surface area contributed by atoms with Crippen LogP contribution in [0.15, 0.2) is 24.3 Å². The van der Waals surface area contributed by atoms with Crippen molar-refractivity contribution in [2.24, 2.45) is 0 Å². The van der Waals surface area contributed by atoms with Crippen LogP contribution in [0.5, 0.6) is 5.75 Å². The SMILES string of the molecule is CN1CCN(CCOc2ccccc2CCO)CC1. The highest BCUT2D eigenvalue weighted by Gasteiger charge is 2.13. The molecule has 0 amide bonds. The van der Waals surface area contributed by atoms with Gasteiger partial charge in [-0.2, -0.15) is 0 Å². The second kappa shape index (κ2) is 7.48. The molecule has 1 aromatic rings. The summed E-state index contributed by atoms with van der Waals surface area (Å²) in [5.74, 6) is 0.908. The van der Waals surface area contributed by atoms with Gasteiger partial charge in [0.15, 0.2) is 0 Å². The Kier molecular flexibility index (Phi) is 5.63. The van der Waals surface area contributed by atoms with Crippen LogP contribution in [0.1, 0.15) is 5.56 Å². The van der Waals surface area contributed by atoms with Crippen molar-refractivity contribution in [3.63, 3.8) is 0 Å². The number of para-hydroxylation sites is 1. The van der Waals surface area contributed by atoms with Gasteiger partial charge in [-0.3, -0.25) is 4.90 Å². The van der Waals surface area contributed by atoms with Crippen molar-refractivity contribution in [1.29, 1.82) is 0 Å². The molecule has 1 fully saturated rings. The van der Waals surface area contributed by atoms with Gasteiger partial charge in [-0.15, -0.1) is 0 Å². The predicted octanol–water partition coefficient (Wildman–Crippen LogP) is 0.848. The van der Waals surface area contributed by atoms with E-state index >= 15 is 0 Å². The van der Waals surface area contributed by atoms with Gasteiger partial charge >= 0.3 is 0 Å². The van der Waals surface area contributed by atoms with Gasteiger partial charge in [-0.05, 0) is 25.1 Å². The molecule has 1 heterocycles. The number of ether oxygens (including phenoxy) is 1. The number of nitrogens with zero attached hydrogens (tertiary/aromatic N) is 2. The molecule has 0 spiro atoms. The molecule has 0 unspecified atom stereocenters. The minimum Gasteiger partial charge on any atom is -0.492 e. The fraction of sp³-hybridized carbons (Fsp3) is 0.600. The molecular weight excluding hydrogens is 240 g/mol. The van der Waals surface area contributed by atoms with E-state index in [0.717, 1.165) is 44.0 Å². The van der Waals surface area contributed by atoms with E-state index in [0.29, 0.717) is 13.0 Å². The summed E-state index contributed by atoms with van der Waals surface area (Å²) >= 11 is 0. The molecule has 0 aromatic heterocycles. The van der Waals surface area contributed by atoms with Crippen molar-refractivity contribution in [2.75, 3.05) is 53.0 Å². The lowest BCUT2D eigenvalue weighted by Gasteiger charge is -2.32. The van der Waals surface area contributed by atoms with Crippen molar-refractivity contribution in [1.82, 2.24) is 9.80 Å². The zero-order valence-electron chi connectivity index (χ0n) is 11.7. The maximum absolute atomic E-state index is 9.03. The third-order valence-electron chi connectivity index (χ3n) is 3.61. The highest BCUT2D eigenvalue weighted by atomic mass is 16.5. The van der Waals surface area contributed by atoms with E-state index < -0.39 is 0 Å². The summed E-state index contributed by atoms with van der Waals surface area (Å²) in [5, 5.41) is 9.03. The molecule has 0 saturated carbocycles. The highest BCUT2D eigenvalue weighted by molar-refractivity contribution is 5.33. The normalized spacial score (nSPS) is 17.6. The van der Waals surface area contributed by atoms with E-state index in [1.165, 1.54) is 0 Å². The number of piperazine rings is 1. The average Bonchev–Trinajstić information content (AvgIpc) is 2.43. The van der Waals surface area contributed by atoms with Gasteiger partial charge < -0.3 is 14.7 Å². The Morgan fingerprint density at radius 1 is 1.16 bits per heavy atom. The second-order valence-corrected chi connectivity index (χ2v) is 5.07.